The predicted molar refractivity (Wildman–Crippen MR) is 97.2 cm³/mol. The van der Waals surface area contributed by atoms with E-state index < -0.39 is 0 Å². The Morgan fingerprint density at radius 2 is 2.18 bits per heavy atom. The molecule has 3 rings (SSSR count). The Balaban J connectivity index is 0.00000176. The summed E-state index contributed by atoms with van der Waals surface area (Å²) in [6, 6.07) is 5.11. The Labute approximate surface area is 146 Å². The molecule has 1 saturated carbocycles. The van der Waals surface area contributed by atoms with Gasteiger partial charge in [-0.05, 0) is 37.5 Å². The van der Waals surface area contributed by atoms with E-state index >= 15 is 0 Å². The molecule has 1 fully saturated rings. The molecule has 1 aliphatic rings. The lowest BCUT2D eigenvalue weighted by atomic mass is 10.1. The summed E-state index contributed by atoms with van der Waals surface area (Å²) < 4.78 is 19.1. The molecule has 0 saturated heterocycles. The smallest absolute Gasteiger partial charge is 0.191 e. The summed E-state index contributed by atoms with van der Waals surface area (Å²) in [6.45, 7) is 4.69. The van der Waals surface area contributed by atoms with Gasteiger partial charge >= 0.3 is 0 Å². The van der Waals surface area contributed by atoms with Crippen LogP contribution in [-0.4, -0.2) is 19.0 Å². The summed E-state index contributed by atoms with van der Waals surface area (Å²) >= 11 is 0. The van der Waals surface area contributed by atoms with Crippen molar-refractivity contribution in [2.45, 2.75) is 32.9 Å². The molecule has 2 unspecified atom stereocenters. The van der Waals surface area contributed by atoms with Gasteiger partial charge in [-0.15, -0.1) is 24.0 Å². The van der Waals surface area contributed by atoms with Crippen molar-refractivity contribution < 1.29 is 8.81 Å². The molecule has 1 aromatic heterocycles. The van der Waals surface area contributed by atoms with Crippen molar-refractivity contribution >= 4 is 40.9 Å². The molecule has 120 valence electrons. The summed E-state index contributed by atoms with van der Waals surface area (Å²) in [5, 5.41) is 7.43. The third kappa shape index (κ3) is 3.53. The molecule has 1 heterocycles. The average molecular weight is 417 g/mol. The number of hydrogen-bond acceptors (Lipinski definition) is 2. The lowest BCUT2D eigenvalue weighted by molar-refractivity contribution is 0.533. The first kappa shape index (κ1) is 17.1. The molecule has 2 N–H and O–H groups in total. The minimum Gasteiger partial charge on any atom is -0.459 e. The van der Waals surface area contributed by atoms with Crippen LogP contribution in [0.5, 0.6) is 0 Å². The number of nitrogens with zero attached hydrogens (tertiary/aromatic N) is 1. The van der Waals surface area contributed by atoms with Gasteiger partial charge in [-0.3, -0.25) is 4.99 Å². The number of benzene rings is 1. The van der Waals surface area contributed by atoms with E-state index in [-0.39, 0.29) is 29.8 Å². The van der Waals surface area contributed by atoms with Crippen molar-refractivity contribution in [2.75, 3.05) is 7.05 Å². The zero-order chi connectivity index (χ0) is 15.0. The second kappa shape index (κ2) is 6.85. The van der Waals surface area contributed by atoms with E-state index in [1.54, 1.807) is 13.1 Å². The Hall–Kier alpha value is -1.31. The van der Waals surface area contributed by atoms with Gasteiger partial charge in [0.05, 0.1) is 6.54 Å². The maximum atomic E-state index is 13.3. The van der Waals surface area contributed by atoms with E-state index in [0.29, 0.717) is 24.1 Å². The molecule has 2 atom stereocenters. The fourth-order valence-corrected chi connectivity index (χ4v) is 2.47. The zero-order valence-electron chi connectivity index (χ0n) is 12.9. The van der Waals surface area contributed by atoms with Crippen LogP contribution in [0.25, 0.3) is 11.0 Å². The Bertz CT molecular complexity index is 698. The zero-order valence-corrected chi connectivity index (χ0v) is 15.3. The second-order valence-corrected chi connectivity index (χ2v) is 5.68. The van der Waals surface area contributed by atoms with Crippen molar-refractivity contribution in [3.63, 3.8) is 0 Å². The lowest BCUT2D eigenvalue weighted by Gasteiger charge is -2.10. The molecule has 1 aromatic carbocycles. The van der Waals surface area contributed by atoms with E-state index in [2.05, 4.69) is 22.5 Å². The molecule has 0 aliphatic heterocycles. The number of nitrogens with one attached hydrogen (secondary N) is 2. The molecule has 4 nitrogen and oxygen atoms in total. The van der Waals surface area contributed by atoms with Crippen molar-refractivity contribution in [1.82, 2.24) is 10.6 Å². The maximum absolute atomic E-state index is 13.3. The molecule has 1 aliphatic carbocycles. The van der Waals surface area contributed by atoms with Gasteiger partial charge in [-0.2, -0.15) is 0 Å². The highest BCUT2D eigenvalue weighted by Gasteiger charge is 2.33. The van der Waals surface area contributed by atoms with Crippen LogP contribution < -0.4 is 10.6 Å². The summed E-state index contributed by atoms with van der Waals surface area (Å²) in [5.74, 6) is 2.04. The largest absolute Gasteiger partial charge is 0.459 e. The molecule has 22 heavy (non-hydrogen) atoms. The van der Waals surface area contributed by atoms with Gasteiger partial charge in [-0.25, -0.2) is 4.39 Å². The van der Waals surface area contributed by atoms with Gasteiger partial charge in [0.1, 0.15) is 17.2 Å². The number of halogens is 2. The number of aliphatic imine (C=N–C) groups is 1. The standard InChI is InChI=1S/C16H20FN3O.HI/c1-9-6-13(9)20-16(18-3)19-8-15-10(2)12-7-11(17)4-5-14(12)21-15;/h4-5,7,9,13H,6,8H2,1-3H3,(H2,18,19,20);1H. The predicted octanol–water partition coefficient (Wildman–Crippen LogP) is 3.57. The van der Waals surface area contributed by atoms with E-state index in [0.717, 1.165) is 22.7 Å². The quantitative estimate of drug-likeness (QED) is 0.456. The summed E-state index contributed by atoms with van der Waals surface area (Å²) in [5.41, 5.74) is 1.68. The Morgan fingerprint density at radius 1 is 1.45 bits per heavy atom. The highest BCUT2D eigenvalue weighted by molar-refractivity contribution is 14.0. The summed E-state index contributed by atoms with van der Waals surface area (Å²) in [4.78, 5) is 4.21. The second-order valence-electron chi connectivity index (χ2n) is 5.68. The van der Waals surface area contributed by atoms with Crippen molar-refractivity contribution in [2.24, 2.45) is 10.9 Å². The number of guanidine groups is 1. The monoisotopic (exact) mass is 417 g/mol. The summed E-state index contributed by atoms with van der Waals surface area (Å²) in [6.07, 6.45) is 1.18. The van der Waals surface area contributed by atoms with Crippen molar-refractivity contribution in [3.05, 3.63) is 35.3 Å². The van der Waals surface area contributed by atoms with Gasteiger partial charge in [0.25, 0.3) is 0 Å². The topological polar surface area (TPSA) is 49.6 Å². The SMILES string of the molecule is CN=C(NCc1oc2ccc(F)cc2c1C)NC1CC1C.I. The van der Waals surface area contributed by atoms with Crippen LogP contribution in [0.1, 0.15) is 24.7 Å². The molecule has 0 bridgehead atoms. The molecule has 0 radical (unpaired) electrons. The lowest BCUT2D eigenvalue weighted by Crippen LogP contribution is -2.38. The van der Waals surface area contributed by atoms with E-state index in [1.807, 2.05) is 6.92 Å². The van der Waals surface area contributed by atoms with Crippen LogP contribution >= 0.6 is 24.0 Å². The number of furan rings is 1. The van der Waals surface area contributed by atoms with Crippen LogP contribution in [0.15, 0.2) is 27.6 Å². The molecule has 0 amide bonds. The first-order chi connectivity index (χ1) is 10.1. The molecular formula is C16H21FIN3O. The van der Waals surface area contributed by atoms with Crippen LogP contribution in [0.4, 0.5) is 4.39 Å². The maximum Gasteiger partial charge on any atom is 0.191 e. The molecular weight excluding hydrogens is 396 g/mol. The Morgan fingerprint density at radius 3 is 2.82 bits per heavy atom. The van der Waals surface area contributed by atoms with Gasteiger partial charge in [-0.1, -0.05) is 6.92 Å². The highest BCUT2D eigenvalue weighted by atomic mass is 127. The first-order valence-corrected chi connectivity index (χ1v) is 7.23. The van der Waals surface area contributed by atoms with Crippen LogP contribution in [0, 0.1) is 18.7 Å². The molecule has 6 heteroatoms. The third-order valence-corrected chi connectivity index (χ3v) is 4.07. The first-order valence-electron chi connectivity index (χ1n) is 7.23. The number of fused-ring (bicyclic) bond motifs is 1. The van der Waals surface area contributed by atoms with Crippen molar-refractivity contribution in [3.8, 4) is 0 Å². The van der Waals surface area contributed by atoms with Crippen LogP contribution in [0.3, 0.4) is 0 Å². The number of aryl methyl sites for hydroxylation is 1. The minimum absolute atomic E-state index is 0. The normalized spacial score (nSPS) is 20.6. The Kier molecular flexibility index (Phi) is 5.31. The van der Waals surface area contributed by atoms with Gasteiger partial charge in [0.15, 0.2) is 5.96 Å². The van der Waals surface area contributed by atoms with Crippen molar-refractivity contribution in [1.29, 1.82) is 0 Å². The minimum atomic E-state index is -0.244. The van der Waals surface area contributed by atoms with Gasteiger partial charge in [0.2, 0.25) is 0 Å². The number of rotatable bonds is 3. The molecule has 2 aromatic rings. The van der Waals surface area contributed by atoms with Gasteiger partial charge < -0.3 is 15.1 Å². The summed E-state index contributed by atoms with van der Waals surface area (Å²) in [7, 11) is 1.75. The third-order valence-electron chi connectivity index (χ3n) is 4.07. The van der Waals surface area contributed by atoms with E-state index in [1.165, 1.54) is 18.6 Å². The fourth-order valence-electron chi connectivity index (χ4n) is 2.47. The van der Waals surface area contributed by atoms with E-state index in [9.17, 15) is 4.39 Å². The average Bonchev–Trinajstić information content (AvgIpc) is 3.08. The van der Waals surface area contributed by atoms with Crippen LogP contribution in [0.2, 0.25) is 0 Å². The van der Waals surface area contributed by atoms with E-state index in [4.69, 9.17) is 4.42 Å². The molecule has 0 spiro atoms. The van der Waals surface area contributed by atoms with Crippen LogP contribution in [-0.2, 0) is 6.54 Å². The van der Waals surface area contributed by atoms with Gasteiger partial charge in [0, 0.05) is 24.0 Å². The number of hydrogen-bond donors (Lipinski definition) is 2. The fraction of sp³-hybridized carbons (Fsp3) is 0.438. The highest BCUT2D eigenvalue weighted by Crippen LogP contribution is 2.29.